The minimum atomic E-state index is -0.143. The molecule has 0 aliphatic carbocycles. The van der Waals surface area contributed by atoms with E-state index in [-0.39, 0.29) is 5.91 Å². The quantitative estimate of drug-likeness (QED) is 0.566. The molecule has 0 unspecified atom stereocenters. The van der Waals surface area contributed by atoms with Crippen LogP contribution >= 0.6 is 0 Å². The summed E-state index contributed by atoms with van der Waals surface area (Å²) in [5, 5.41) is 4.06. The summed E-state index contributed by atoms with van der Waals surface area (Å²) >= 11 is 0. The van der Waals surface area contributed by atoms with Gasteiger partial charge in [0.15, 0.2) is 0 Å². The minimum absolute atomic E-state index is 0.143. The highest BCUT2D eigenvalue weighted by molar-refractivity contribution is 6.11. The van der Waals surface area contributed by atoms with Crippen molar-refractivity contribution >= 4 is 22.5 Å². The maximum atomic E-state index is 12.7. The van der Waals surface area contributed by atoms with Crippen LogP contribution in [0.3, 0.4) is 0 Å². The van der Waals surface area contributed by atoms with Crippen molar-refractivity contribution in [1.82, 2.24) is 4.98 Å². The number of benzene rings is 3. The van der Waals surface area contributed by atoms with Crippen molar-refractivity contribution in [2.45, 2.75) is 0 Å². The fourth-order valence-corrected chi connectivity index (χ4v) is 2.91. The van der Waals surface area contributed by atoms with Crippen molar-refractivity contribution in [3.8, 4) is 11.1 Å². The van der Waals surface area contributed by atoms with Crippen molar-refractivity contribution < 1.29 is 4.79 Å². The summed E-state index contributed by atoms with van der Waals surface area (Å²) in [6.45, 7) is 0. The molecule has 0 bridgehead atoms. The van der Waals surface area contributed by atoms with E-state index in [1.165, 1.54) is 0 Å². The number of carbonyl (C=O) groups is 1. The van der Waals surface area contributed by atoms with Crippen LogP contribution in [0, 0.1) is 0 Å². The Labute approximate surface area is 146 Å². The van der Waals surface area contributed by atoms with Crippen LogP contribution < -0.4 is 5.32 Å². The highest BCUT2D eigenvalue weighted by atomic mass is 16.1. The monoisotopic (exact) mass is 324 g/mol. The van der Waals surface area contributed by atoms with E-state index in [0.717, 1.165) is 27.7 Å². The number of aromatic nitrogens is 1. The molecule has 4 rings (SSSR count). The van der Waals surface area contributed by atoms with E-state index in [9.17, 15) is 4.79 Å². The molecule has 0 saturated heterocycles. The zero-order chi connectivity index (χ0) is 17.1. The Hall–Kier alpha value is -3.46. The van der Waals surface area contributed by atoms with Crippen LogP contribution in [-0.4, -0.2) is 10.9 Å². The Kier molecular flexibility index (Phi) is 3.97. The van der Waals surface area contributed by atoms with E-state index in [0.29, 0.717) is 5.56 Å². The zero-order valence-corrected chi connectivity index (χ0v) is 13.5. The Morgan fingerprint density at radius 2 is 1.48 bits per heavy atom. The second kappa shape index (κ2) is 6.57. The summed E-state index contributed by atoms with van der Waals surface area (Å²) in [6.07, 6.45) is 1.75. The molecule has 4 aromatic rings. The van der Waals surface area contributed by atoms with Crippen LogP contribution in [0.1, 0.15) is 10.4 Å². The molecule has 1 aromatic heterocycles. The lowest BCUT2D eigenvalue weighted by molar-refractivity contribution is 0.102. The van der Waals surface area contributed by atoms with Gasteiger partial charge in [0.2, 0.25) is 0 Å². The predicted molar refractivity (Wildman–Crippen MR) is 102 cm³/mol. The summed E-state index contributed by atoms with van der Waals surface area (Å²) in [4.78, 5) is 17.2. The molecule has 3 heteroatoms. The van der Waals surface area contributed by atoms with Gasteiger partial charge in [-0.25, -0.2) is 0 Å². The van der Waals surface area contributed by atoms with Crippen LogP contribution in [-0.2, 0) is 0 Å². The van der Waals surface area contributed by atoms with E-state index in [1.807, 2.05) is 72.8 Å². The Bertz CT molecular complexity index is 1030. The molecule has 3 nitrogen and oxygen atoms in total. The van der Waals surface area contributed by atoms with Crippen molar-refractivity contribution in [3.05, 3.63) is 96.7 Å². The summed E-state index contributed by atoms with van der Waals surface area (Å²) in [6, 6.07) is 27.2. The van der Waals surface area contributed by atoms with Gasteiger partial charge >= 0.3 is 0 Å². The van der Waals surface area contributed by atoms with Crippen LogP contribution in [0.4, 0.5) is 5.69 Å². The third kappa shape index (κ3) is 3.00. The number of fused-ring (bicyclic) bond motifs is 1. The molecular weight excluding hydrogens is 308 g/mol. The Morgan fingerprint density at radius 1 is 0.760 bits per heavy atom. The van der Waals surface area contributed by atoms with Gasteiger partial charge in [0.05, 0.1) is 11.2 Å². The van der Waals surface area contributed by atoms with Crippen LogP contribution in [0.25, 0.3) is 22.0 Å². The molecule has 25 heavy (non-hydrogen) atoms. The number of hydrogen-bond acceptors (Lipinski definition) is 2. The number of nitrogens with one attached hydrogen (secondary N) is 1. The topological polar surface area (TPSA) is 42.0 Å². The molecule has 1 heterocycles. The Balaban J connectivity index is 1.86. The molecule has 1 N–H and O–H groups in total. The highest BCUT2D eigenvalue weighted by Gasteiger charge is 2.14. The predicted octanol–water partition coefficient (Wildman–Crippen LogP) is 5.15. The largest absolute Gasteiger partial charge is 0.320 e. The van der Waals surface area contributed by atoms with Crippen molar-refractivity contribution in [1.29, 1.82) is 0 Å². The summed E-state index contributed by atoms with van der Waals surface area (Å²) in [7, 11) is 0. The van der Waals surface area contributed by atoms with Crippen LogP contribution in [0.2, 0.25) is 0 Å². The second-order valence-electron chi connectivity index (χ2n) is 5.75. The minimum Gasteiger partial charge on any atom is -0.320 e. The first-order valence-electron chi connectivity index (χ1n) is 8.12. The van der Waals surface area contributed by atoms with E-state index in [2.05, 4.69) is 10.3 Å². The molecule has 0 radical (unpaired) electrons. The number of nitrogens with zero attached hydrogens (tertiary/aromatic N) is 1. The van der Waals surface area contributed by atoms with Gasteiger partial charge in [-0.05, 0) is 23.8 Å². The fraction of sp³-hybridized carbons (Fsp3) is 0. The molecule has 0 spiro atoms. The first-order valence-corrected chi connectivity index (χ1v) is 8.12. The molecule has 0 aliphatic rings. The second-order valence-corrected chi connectivity index (χ2v) is 5.75. The first-order chi connectivity index (χ1) is 12.3. The number of hydrogen-bond donors (Lipinski definition) is 1. The maximum Gasteiger partial charge on any atom is 0.255 e. The van der Waals surface area contributed by atoms with Gasteiger partial charge in [0.1, 0.15) is 0 Å². The van der Waals surface area contributed by atoms with E-state index >= 15 is 0 Å². The molecule has 3 aromatic carbocycles. The van der Waals surface area contributed by atoms with Crippen molar-refractivity contribution in [3.63, 3.8) is 0 Å². The van der Waals surface area contributed by atoms with E-state index < -0.39 is 0 Å². The Morgan fingerprint density at radius 3 is 2.24 bits per heavy atom. The average molecular weight is 324 g/mol. The molecule has 120 valence electrons. The smallest absolute Gasteiger partial charge is 0.255 e. The van der Waals surface area contributed by atoms with E-state index in [4.69, 9.17) is 0 Å². The molecule has 0 saturated carbocycles. The normalized spacial score (nSPS) is 10.6. The van der Waals surface area contributed by atoms with Gasteiger partial charge in [-0.1, -0.05) is 66.7 Å². The van der Waals surface area contributed by atoms with Gasteiger partial charge in [-0.3, -0.25) is 9.78 Å². The molecule has 0 aliphatic heterocycles. The lowest BCUT2D eigenvalue weighted by Gasteiger charge is -2.14. The van der Waals surface area contributed by atoms with Crippen LogP contribution in [0.5, 0.6) is 0 Å². The van der Waals surface area contributed by atoms with Gasteiger partial charge in [-0.15, -0.1) is 0 Å². The summed E-state index contributed by atoms with van der Waals surface area (Å²) < 4.78 is 0. The first kappa shape index (κ1) is 15.1. The zero-order valence-electron chi connectivity index (χ0n) is 13.5. The van der Waals surface area contributed by atoms with Crippen LogP contribution in [0.15, 0.2) is 91.1 Å². The summed E-state index contributed by atoms with van der Waals surface area (Å²) in [5.74, 6) is -0.143. The molecule has 0 fully saturated rings. The van der Waals surface area contributed by atoms with E-state index in [1.54, 1.807) is 18.3 Å². The average Bonchev–Trinajstić information content (AvgIpc) is 2.69. The SMILES string of the molecule is O=C(Nc1c(-c2ccccc2)ccc2cccnc12)c1ccccc1. The standard InChI is InChI=1S/C22H16N2O/c25-22(18-10-5-2-6-11-18)24-21-19(16-8-3-1-4-9-16)14-13-17-12-7-15-23-20(17)21/h1-15H,(H,24,25). The number of rotatable bonds is 3. The number of carbonyl (C=O) groups excluding carboxylic acids is 1. The molecule has 1 amide bonds. The van der Waals surface area contributed by atoms with Crippen molar-refractivity contribution in [2.24, 2.45) is 0 Å². The third-order valence-corrected chi connectivity index (χ3v) is 4.13. The highest BCUT2D eigenvalue weighted by Crippen LogP contribution is 2.34. The third-order valence-electron chi connectivity index (χ3n) is 4.13. The lowest BCUT2D eigenvalue weighted by atomic mass is 10.0. The van der Waals surface area contributed by atoms with Gasteiger partial charge in [0.25, 0.3) is 5.91 Å². The maximum absolute atomic E-state index is 12.7. The summed E-state index contributed by atoms with van der Waals surface area (Å²) in [5.41, 5.74) is 4.13. The fourth-order valence-electron chi connectivity index (χ4n) is 2.91. The number of amides is 1. The lowest BCUT2D eigenvalue weighted by Crippen LogP contribution is -2.13. The molecular formula is C22H16N2O. The van der Waals surface area contributed by atoms with Crippen molar-refractivity contribution in [2.75, 3.05) is 5.32 Å². The van der Waals surface area contributed by atoms with Gasteiger partial charge in [0, 0.05) is 22.7 Å². The van der Waals surface area contributed by atoms with Gasteiger partial charge < -0.3 is 5.32 Å². The molecule has 0 atom stereocenters. The number of pyridine rings is 1. The van der Waals surface area contributed by atoms with Gasteiger partial charge in [-0.2, -0.15) is 0 Å². The number of anilines is 1.